The molecule has 0 bridgehead atoms. The molecule has 0 unspecified atom stereocenters. The molecule has 1 aromatic carbocycles. The molecular formula is C19H25N2O+. The summed E-state index contributed by atoms with van der Waals surface area (Å²) in [4.78, 5) is 12.3. The number of benzene rings is 1. The quantitative estimate of drug-likeness (QED) is 0.840. The molecule has 0 saturated heterocycles. The standard InChI is InChI=1S/C19H24N2O/c1-5-16-9-11-21(12-10-16)13-18(22)20-19-15(4)7-6-8-17(19)14(2)3/h6-12,14H,5,13H2,1-4H3/p+1. The van der Waals surface area contributed by atoms with Gasteiger partial charge in [-0.3, -0.25) is 4.79 Å². The first kappa shape index (κ1) is 16.2. The van der Waals surface area contributed by atoms with Crippen LogP contribution in [0.4, 0.5) is 5.69 Å². The van der Waals surface area contributed by atoms with Crippen molar-refractivity contribution >= 4 is 11.6 Å². The molecule has 22 heavy (non-hydrogen) atoms. The fraction of sp³-hybridized carbons (Fsp3) is 0.368. The smallest absolute Gasteiger partial charge is 0.290 e. The number of aryl methyl sites for hydroxylation is 2. The third-order valence-electron chi connectivity index (χ3n) is 3.89. The molecule has 0 spiro atoms. The van der Waals surface area contributed by atoms with E-state index in [1.165, 1.54) is 11.1 Å². The zero-order chi connectivity index (χ0) is 16.1. The second kappa shape index (κ2) is 7.21. The Balaban J connectivity index is 2.12. The summed E-state index contributed by atoms with van der Waals surface area (Å²) in [7, 11) is 0. The number of carbonyl (C=O) groups excluding carboxylic acids is 1. The lowest BCUT2D eigenvalue weighted by Gasteiger charge is -2.15. The van der Waals surface area contributed by atoms with Crippen LogP contribution in [0.2, 0.25) is 0 Å². The Morgan fingerprint density at radius 3 is 2.45 bits per heavy atom. The first-order valence-corrected chi connectivity index (χ1v) is 7.88. The lowest BCUT2D eigenvalue weighted by atomic mass is 9.98. The molecule has 0 aliphatic carbocycles. The molecule has 116 valence electrons. The van der Waals surface area contributed by atoms with Crippen LogP contribution in [0.3, 0.4) is 0 Å². The molecular weight excluding hydrogens is 272 g/mol. The van der Waals surface area contributed by atoms with Gasteiger partial charge in [-0.05, 0) is 36.0 Å². The number of aromatic nitrogens is 1. The summed E-state index contributed by atoms with van der Waals surface area (Å²) in [6.45, 7) is 8.77. The number of hydrogen-bond donors (Lipinski definition) is 1. The Labute approximate surface area is 133 Å². The van der Waals surface area contributed by atoms with Crippen molar-refractivity contribution in [2.75, 3.05) is 5.32 Å². The molecule has 3 heteroatoms. The number of rotatable bonds is 5. The average Bonchev–Trinajstić information content (AvgIpc) is 2.49. The molecule has 0 radical (unpaired) electrons. The molecule has 1 amide bonds. The van der Waals surface area contributed by atoms with E-state index in [4.69, 9.17) is 0 Å². The fourth-order valence-electron chi connectivity index (χ4n) is 2.52. The Morgan fingerprint density at radius 1 is 1.18 bits per heavy atom. The number of carbonyl (C=O) groups is 1. The van der Waals surface area contributed by atoms with Crippen molar-refractivity contribution in [2.45, 2.75) is 46.6 Å². The van der Waals surface area contributed by atoms with Crippen LogP contribution in [0.1, 0.15) is 43.4 Å². The van der Waals surface area contributed by atoms with Crippen LogP contribution in [-0.4, -0.2) is 5.91 Å². The van der Waals surface area contributed by atoms with Crippen LogP contribution < -0.4 is 9.88 Å². The van der Waals surface area contributed by atoms with Crippen LogP contribution in [0, 0.1) is 6.92 Å². The third-order valence-corrected chi connectivity index (χ3v) is 3.89. The zero-order valence-corrected chi connectivity index (χ0v) is 13.9. The Kier molecular flexibility index (Phi) is 5.31. The Hall–Kier alpha value is -2.16. The summed E-state index contributed by atoms with van der Waals surface area (Å²) >= 11 is 0. The van der Waals surface area contributed by atoms with Gasteiger partial charge in [0.2, 0.25) is 6.54 Å². The topological polar surface area (TPSA) is 33.0 Å². The number of hydrogen-bond acceptors (Lipinski definition) is 1. The van der Waals surface area contributed by atoms with E-state index in [9.17, 15) is 4.79 Å². The minimum atomic E-state index is 0.00504. The number of anilines is 1. The summed E-state index contributed by atoms with van der Waals surface area (Å²) < 4.78 is 1.90. The van der Waals surface area contributed by atoms with Crippen molar-refractivity contribution in [3.05, 3.63) is 59.4 Å². The summed E-state index contributed by atoms with van der Waals surface area (Å²) in [6, 6.07) is 10.3. The van der Waals surface area contributed by atoms with E-state index in [-0.39, 0.29) is 5.91 Å². The van der Waals surface area contributed by atoms with Gasteiger partial charge >= 0.3 is 0 Å². The second-order valence-corrected chi connectivity index (χ2v) is 5.97. The first-order valence-electron chi connectivity index (χ1n) is 7.88. The molecule has 2 rings (SSSR count). The van der Waals surface area contributed by atoms with Gasteiger partial charge in [0.1, 0.15) is 0 Å². The van der Waals surface area contributed by atoms with Gasteiger partial charge < -0.3 is 5.32 Å². The molecule has 0 aliphatic rings. The SMILES string of the molecule is CCc1cc[n+](CC(=O)Nc2c(C)cccc2C(C)C)cc1. The summed E-state index contributed by atoms with van der Waals surface area (Å²) in [5, 5.41) is 3.08. The Morgan fingerprint density at radius 2 is 1.86 bits per heavy atom. The van der Waals surface area contributed by atoms with Gasteiger partial charge in [-0.2, -0.15) is 4.57 Å². The molecule has 0 atom stereocenters. The maximum Gasteiger partial charge on any atom is 0.290 e. The maximum atomic E-state index is 12.3. The van der Waals surface area contributed by atoms with Crippen LogP contribution in [0.5, 0.6) is 0 Å². The molecule has 0 aliphatic heterocycles. The number of amides is 1. The molecule has 0 saturated carbocycles. The monoisotopic (exact) mass is 297 g/mol. The predicted molar refractivity (Wildman–Crippen MR) is 89.9 cm³/mol. The van der Waals surface area contributed by atoms with E-state index in [1.54, 1.807) is 0 Å². The van der Waals surface area contributed by atoms with Crippen molar-refractivity contribution in [3.8, 4) is 0 Å². The lowest BCUT2D eigenvalue weighted by molar-refractivity contribution is -0.684. The normalized spacial score (nSPS) is 10.8. The summed E-state index contributed by atoms with van der Waals surface area (Å²) in [5.41, 5.74) is 4.51. The van der Waals surface area contributed by atoms with Crippen molar-refractivity contribution < 1.29 is 9.36 Å². The van der Waals surface area contributed by atoms with Crippen LogP contribution in [-0.2, 0) is 17.8 Å². The molecule has 2 aromatic rings. The van der Waals surface area contributed by atoms with Gasteiger partial charge in [-0.1, -0.05) is 39.0 Å². The van der Waals surface area contributed by atoms with Gasteiger partial charge in [0.25, 0.3) is 5.91 Å². The van der Waals surface area contributed by atoms with Crippen molar-refractivity contribution in [2.24, 2.45) is 0 Å². The minimum Gasteiger partial charge on any atom is -0.320 e. The molecule has 1 N–H and O–H groups in total. The van der Waals surface area contributed by atoms with Crippen molar-refractivity contribution in [1.29, 1.82) is 0 Å². The largest absolute Gasteiger partial charge is 0.320 e. The van der Waals surface area contributed by atoms with E-state index in [0.29, 0.717) is 12.5 Å². The summed E-state index contributed by atoms with van der Waals surface area (Å²) in [6.07, 6.45) is 4.92. The highest BCUT2D eigenvalue weighted by atomic mass is 16.1. The van der Waals surface area contributed by atoms with E-state index in [0.717, 1.165) is 17.7 Å². The van der Waals surface area contributed by atoms with Gasteiger partial charge in [0.05, 0.1) is 0 Å². The van der Waals surface area contributed by atoms with Crippen LogP contribution >= 0.6 is 0 Å². The molecule has 3 nitrogen and oxygen atoms in total. The minimum absolute atomic E-state index is 0.00504. The second-order valence-electron chi connectivity index (χ2n) is 5.97. The van der Waals surface area contributed by atoms with Gasteiger partial charge in [-0.25, -0.2) is 0 Å². The fourth-order valence-corrected chi connectivity index (χ4v) is 2.52. The van der Waals surface area contributed by atoms with E-state index >= 15 is 0 Å². The number of para-hydroxylation sites is 1. The zero-order valence-electron chi connectivity index (χ0n) is 13.9. The third kappa shape index (κ3) is 3.94. The molecule has 1 aromatic heterocycles. The highest BCUT2D eigenvalue weighted by Crippen LogP contribution is 2.27. The average molecular weight is 297 g/mol. The van der Waals surface area contributed by atoms with Crippen molar-refractivity contribution in [1.82, 2.24) is 0 Å². The van der Waals surface area contributed by atoms with Gasteiger partial charge in [-0.15, -0.1) is 0 Å². The number of nitrogens with one attached hydrogen (secondary N) is 1. The van der Waals surface area contributed by atoms with Crippen LogP contribution in [0.15, 0.2) is 42.7 Å². The first-order chi connectivity index (χ1) is 10.5. The highest BCUT2D eigenvalue weighted by Gasteiger charge is 2.14. The number of pyridine rings is 1. The van der Waals surface area contributed by atoms with Gasteiger partial charge in [0.15, 0.2) is 12.4 Å². The molecule has 0 fully saturated rings. The summed E-state index contributed by atoms with van der Waals surface area (Å²) in [5.74, 6) is 0.386. The highest BCUT2D eigenvalue weighted by molar-refractivity contribution is 5.91. The predicted octanol–water partition coefficient (Wildman–Crippen LogP) is 3.61. The van der Waals surface area contributed by atoms with E-state index < -0.39 is 0 Å². The van der Waals surface area contributed by atoms with E-state index in [2.05, 4.69) is 44.3 Å². The lowest BCUT2D eigenvalue weighted by Crippen LogP contribution is -2.39. The van der Waals surface area contributed by atoms with Gasteiger partial charge in [0, 0.05) is 17.8 Å². The Bertz CT molecular complexity index is 645. The number of nitrogens with zero attached hydrogens (tertiary/aromatic N) is 1. The molecule has 1 heterocycles. The van der Waals surface area contributed by atoms with Crippen LogP contribution in [0.25, 0.3) is 0 Å². The van der Waals surface area contributed by atoms with Crippen molar-refractivity contribution in [3.63, 3.8) is 0 Å². The van der Waals surface area contributed by atoms with E-state index in [1.807, 2.05) is 36.0 Å². The maximum absolute atomic E-state index is 12.3.